The highest BCUT2D eigenvalue weighted by molar-refractivity contribution is 5.79. The van der Waals surface area contributed by atoms with Crippen molar-refractivity contribution in [3.8, 4) is 5.75 Å². The zero-order valence-electron chi connectivity index (χ0n) is 18.4. The number of carbonyl (C=O) groups is 1. The van der Waals surface area contributed by atoms with Gasteiger partial charge < -0.3 is 15.0 Å². The van der Waals surface area contributed by atoms with Crippen LogP contribution in [0.3, 0.4) is 0 Å². The third-order valence-electron chi connectivity index (χ3n) is 5.53. The van der Waals surface area contributed by atoms with Crippen molar-refractivity contribution < 1.29 is 9.53 Å². The van der Waals surface area contributed by atoms with Crippen LogP contribution in [0.1, 0.15) is 30.1 Å². The lowest BCUT2D eigenvalue weighted by Gasteiger charge is -2.27. The Balaban J connectivity index is 1.36. The predicted molar refractivity (Wildman–Crippen MR) is 123 cm³/mol. The molecule has 32 heavy (non-hydrogen) atoms. The fourth-order valence-electron chi connectivity index (χ4n) is 4.02. The van der Waals surface area contributed by atoms with E-state index in [1.807, 2.05) is 53.2 Å². The minimum Gasteiger partial charge on any atom is -0.497 e. The normalized spacial score (nSPS) is 15.7. The van der Waals surface area contributed by atoms with Gasteiger partial charge in [-0.3, -0.25) is 19.7 Å². The van der Waals surface area contributed by atoms with Crippen LogP contribution in [0.25, 0.3) is 0 Å². The molecule has 1 atom stereocenters. The number of methoxy groups -OCH3 is 1. The second kappa shape index (κ2) is 10.2. The summed E-state index contributed by atoms with van der Waals surface area (Å²) in [6.45, 7) is 1.81. The van der Waals surface area contributed by atoms with Gasteiger partial charge in [0, 0.05) is 25.5 Å². The van der Waals surface area contributed by atoms with Crippen LogP contribution >= 0.6 is 0 Å². The van der Waals surface area contributed by atoms with Gasteiger partial charge in [-0.2, -0.15) is 0 Å². The molecule has 1 saturated heterocycles. The number of pyridine rings is 1. The van der Waals surface area contributed by atoms with Gasteiger partial charge in [0.1, 0.15) is 11.6 Å². The Morgan fingerprint density at radius 1 is 1.22 bits per heavy atom. The lowest BCUT2D eigenvalue weighted by atomic mass is 10.1. The van der Waals surface area contributed by atoms with Crippen molar-refractivity contribution in [1.29, 1.82) is 0 Å². The maximum absolute atomic E-state index is 13.1. The lowest BCUT2D eigenvalue weighted by molar-refractivity contribution is -0.133. The SMILES string of the molecule is COc1cccc(CN(C)CC(=O)N2CCC[C@@H]2c2ccc(Nc3cnccn3)cn2)c1. The van der Waals surface area contributed by atoms with E-state index in [0.29, 0.717) is 18.9 Å². The van der Waals surface area contributed by atoms with Gasteiger partial charge in [-0.1, -0.05) is 12.1 Å². The minimum absolute atomic E-state index is 0.0123. The van der Waals surface area contributed by atoms with Gasteiger partial charge in [-0.05, 0) is 49.7 Å². The highest BCUT2D eigenvalue weighted by atomic mass is 16.5. The molecule has 0 saturated carbocycles. The fourth-order valence-corrected chi connectivity index (χ4v) is 4.02. The molecule has 0 unspecified atom stereocenters. The van der Waals surface area contributed by atoms with E-state index in [0.717, 1.165) is 42.1 Å². The molecule has 8 nitrogen and oxygen atoms in total. The average Bonchev–Trinajstić information content (AvgIpc) is 3.30. The standard InChI is InChI=1S/C24H28N6O2/c1-29(16-18-5-3-6-20(13-18)32-2)17-24(31)30-12-4-7-22(30)21-9-8-19(14-27-21)28-23-15-25-10-11-26-23/h3,5-6,8-11,13-15,22H,4,7,12,16-17H2,1-2H3,(H,26,28)/t22-/m1/s1. The molecule has 0 aliphatic carbocycles. The van der Waals surface area contributed by atoms with Gasteiger partial charge >= 0.3 is 0 Å². The van der Waals surface area contributed by atoms with Crippen molar-refractivity contribution in [2.75, 3.05) is 32.6 Å². The zero-order chi connectivity index (χ0) is 22.3. The number of hydrogen-bond acceptors (Lipinski definition) is 7. The Morgan fingerprint density at radius 2 is 2.12 bits per heavy atom. The topological polar surface area (TPSA) is 83.5 Å². The number of likely N-dealkylation sites (N-methyl/N-ethyl adjacent to an activating group) is 1. The zero-order valence-corrected chi connectivity index (χ0v) is 18.4. The van der Waals surface area contributed by atoms with Crippen molar-refractivity contribution in [3.05, 3.63) is 72.4 Å². The molecular weight excluding hydrogens is 404 g/mol. The number of nitrogens with one attached hydrogen (secondary N) is 1. The van der Waals surface area contributed by atoms with Crippen LogP contribution in [0.2, 0.25) is 0 Å². The van der Waals surface area contributed by atoms with Crippen LogP contribution in [0, 0.1) is 0 Å². The molecule has 3 aromatic rings. The lowest BCUT2D eigenvalue weighted by Crippen LogP contribution is -2.38. The molecular formula is C24H28N6O2. The quantitative estimate of drug-likeness (QED) is 0.584. The molecule has 1 N–H and O–H groups in total. The third-order valence-corrected chi connectivity index (χ3v) is 5.53. The van der Waals surface area contributed by atoms with Crippen molar-refractivity contribution >= 4 is 17.4 Å². The minimum atomic E-state index is 0.0123. The molecule has 1 amide bonds. The molecule has 1 aliphatic rings. The van der Waals surface area contributed by atoms with Crippen LogP contribution in [-0.4, -0.2) is 57.9 Å². The van der Waals surface area contributed by atoms with E-state index in [-0.39, 0.29) is 11.9 Å². The van der Waals surface area contributed by atoms with Gasteiger partial charge in [0.25, 0.3) is 0 Å². The summed E-state index contributed by atoms with van der Waals surface area (Å²) in [5, 5.41) is 3.18. The number of rotatable bonds is 8. The summed E-state index contributed by atoms with van der Waals surface area (Å²) in [5.41, 5.74) is 2.87. The molecule has 4 rings (SSSR count). The molecule has 1 aromatic carbocycles. The predicted octanol–water partition coefficient (Wildman–Crippen LogP) is 3.42. The van der Waals surface area contributed by atoms with Gasteiger partial charge in [-0.15, -0.1) is 0 Å². The Bertz CT molecular complexity index is 1030. The molecule has 1 aliphatic heterocycles. The summed E-state index contributed by atoms with van der Waals surface area (Å²) in [4.78, 5) is 29.9. The number of nitrogens with zero attached hydrogens (tertiary/aromatic N) is 5. The fraction of sp³-hybridized carbons (Fsp3) is 0.333. The van der Waals surface area contributed by atoms with E-state index >= 15 is 0 Å². The Kier molecular flexibility index (Phi) is 6.91. The maximum atomic E-state index is 13.1. The summed E-state index contributed by atoms with van der Waals surface area (Å²) in [7, 11) is 3.62. The van der Waals surface area contributed by atoms with E-state index in [1.54, 1.807) is 31.9 Å². The molecule has 0 bridgehead atoms. The molecule has 1 fully saturated rings. The summed E-state index contributed by atoms with van der Waals surface area (Å²) in [6, 6.07) is 11.9. The van der Waals surface area contributed by atoms with Crippen LogP contribution < -0.4 is 10.1 Å². The van der Waals surface area contributed by atoms with Gasteiger partial charge in [0.05, 0.1) is 43.5 Å². The second-order valence-corrected chi connectivity index (χ2v) is 7.96. The number of hydrogen-bond donors (Lipinski definition) is 1. The molecule has 0 radical (unpaired) electrons. The number of likely N-dealkylation sites (tertiary alicyclic amines) is 1. The van der Waals surface area contributed by atoms with Crippen LogP contribution in [0.15, 0.2) is 61.2 Å². The summed E-state index contributed by atoms with van der Waals surface area (Å²) in [5.74, 6) is 1.62. The van der Waals surface area contributed by atoms with Crippen molar-refractivity contribution in [2.24, 2.45) is 0 Å². The number of ether oxygens (including phenoxy) is 1. The first-order chi connectivity index (χ1) is 15.6. The molecule has 0 spiro atoms. The highest BCUT2D eigenvalue weighted by Gasteiger charge is 2.31. The second-order valence-electron chi connectivity index (χ2n) is 7.96. The maximum Gasteiger partial charge on any atom is 0.237 e. The smallest absolute Gasteiger partial charge is 0.237 e. The first-order valence-electron chi connectivity index (χ1n) is 10.7. The Hall–Kier alpha value is -3.52. The number of benzene rings is 1. The van der Waals surface area contributed by atoms with Crippen molar-refractivity contribution in [1.82, 2.24) is 24.8 Å². The van der Waals surface area contributed by atoms with E-state index in [2.05, 4.69) is 20.3 Å². The van der Waals surface area contributed by atoms with Crippen LogP contribution in [-0.2, 0) is 11.3 Å². The van der Waals surface area contributed by atoms with Crippen molar-refractivity contribution in [3.63, 3.8) is 0 Å². The third kappa shape index (κ3) is 5.39. The molecule has 3 heterocycles. The Labute approximate surface area is 188 Å². The first-order valence-corrected chi connectivity index (χ1v) is 10.7. The molecule has 166 valence electrons. The van der Waals surface area contributed by atoms with E-state index < -0.39 is 0 Å². The summed E-state index contributed by atoms with van der Waals surface area (Å²) in [6.07, 6.45) is 8.61. The van der Waals surface area contributed by atoms with Crippen LogP contribution in [0.5, 0.6) is 5.75 Å². The summed E-state index contributed by atoms with van der Waals surface area (Å²) < 4.78 is 5.29. The number of aromatic nitrogens is 3. The number of amides is 1. The highest BCUT2D eigenvalue weighted by Crippen LogP contribution is 2.31. The van der Waals surface area contributed by atoms with Crippen molar-refractivity contribution in [2.45, 2.75) is 25.4 Å². The van der Waals surface area contributed by atoms with Gasteiger partial charge in [0.15, 0.2) is 0 Å². The van der Waals surface area contributed by atoms with E-state index in [4.69, 9.17) is 4.74 Å². The van der Waals surface area contributed by atoms with Gasteiger partial charge in [-0.25, -0.2) is 4.98 Å². The number of carbonyl (C=O) groups excluding carboxylic acids is 1. The van der Waals surface area contributed by atoms with E-state index in [9.17, 15) is 4.79 Å². The van der Waals surface area contributed by atoms with E-state index in [1.165, 1.54) is 0 Å². The molecule has 8 heteroatoms. The largest absolute Gasteiger partial charge is 0.497 e. The summed E-state index contributed by atoms with van der Waals surface area (Å²) >= 11 is 0. The van der Waals surface area contributed by atoms with Gasteiger partial charge in [0.2, 0.25) is 5.91 Å². The number of anilines is 2. The monoisotopic (exact) mass is 432 g/mol. The average molecular weight is 433 g/mol. The first kappa shape index (κ1) is 21.7. The van der Waals surface area contributed by atoms with Crippen LogP contribution in [0.4, 0.5) is 11.5 Å². The molecule has 2 aromatic heterocycles. The Morgan fingerprint density at radius 3 is 2.88 bits per heavy atom.